The standard InChI is InChI=1S/C19H21N5O3/c1-3-4-15-21-18(26-23-15)11(2)20-17(25)13-7-5-12(6-8-13)16-22-19(27-24-16)14-9-10-14/h5-8,11,14H,3-4,9-10H2,1-2H3,(H,20,25). The van der Waals surface area contributed by atoms with Gasteiger partial charge in [0.15, 0.2) is 5.82 Å². The molecule has 1 unspecified atom stereocenters. The van der Waals surface area contributed by atoms with Gasteiger partial charge in [0.1, 0.15) is 6.04 Å². The molecule has 2 heterocycles. The fraction of sp³-hybridized carbons (Fsp3) is 0.421. The molecule has 8 nitrogen and oxygen atoms in total. The van der Waals surface area contributed by atoms with E-state index in [1.165, 1.54) is 0 Å². The van der Waals surface area contributed by atoms with Crippen molar-refractivity contribution in [2.75, 3.05) is 0 Å². The Labute approximate surface area is 156 Å². The quantitative estimate of drug-likeness (QED) is 0.681. The Bertz CT molecular complexity index is 927. The average Bonchev–Trinajstić information content (AvgIpc) is 3.22. The maximum absolute atomic E-state index is 12.5. The van der Waals surface area contributed by atoms with Crippen molar-refractivity contribution in [3.8, 4) is 11.4 Å². The molecule has 0 aliphatic heterocycles. The van der Waals surface area contributed by atoms with Crippen LogP contribution >= 0.6 is 0 Å². The zero-order valence-electron chi connectivity index (χ0n) is 15.3. The minimum absolute atomic E-state index is 0.212. The molecular formula is C19H21N5O3. The van der Waals surface area contributed by atoms with Crippen LogP contribution in [0.3, 0.4) is 0 Å². The van der Waals surface area contributed by atoms with Crippen molar-refractivity contribution in [2.45, 2.75) is 51.5 Å². The zero-order chi connectivity index (χ0) is 18.8. The summed E-state index contributed by atoms with van der Waals surface area (Å²) in [5.74, 6) is 2.51. The van der Waals surface area contributed by atoms with E-state index in [4.69, 9.17) is 9.05 Å². The second kappa shape index (κ2) is 7.30. The zero-order valence-corrected chi connectivity index (χ0v) is 15.3. The molecule has 3 aromatic rings. The molecule has 0 bridgehead atoms. The van der Waals surface area contributed by atoms with Crippen LogP contribution in [0.2, 0.25) is 0 Å². The molecule has 1 fully saturated rings. The minimum Gasteiger partial charge on any atom is -0.341 e. The van der Waals surface area contributed by atoms with E-state index in [0.717, 1.165) is 31.2 Å². The maximum atomic E-state index is 12.5. The molecule has 140 valence electrons. The van der Waals surface area contributed by atoms with Crippen molar-refractivity contribution in [1.29, 1.82) is 0 Å². The van der Waals surface area contributed by atoms with Crippen LogP contribution in [0, 0.1) is 0 Å². The molecule has 4 rings (SSSR count). The summed E-state index contributed by atoms with van der Waals surface area (Å²) in [5, 5.41) is 10.8. The van der Waals surface area contributed by atoms with Crippen LogP contribution < -0.4 is 5.32 Å². The molecule has 0 saturated heterocycles. The molecule has 0 spiro atoms. The number of amides is 1. The summed E-state index contributed by atoms with van der Waals surface area (Å²) in [6, 6.07) is 6.73. The van der Waals surface area contributed by atoms with Crippen LogP contribution in [0.4, 0.5) is 0 Å². The number of aryl methyl sites for hydroxylation is 1. The smallest absolute Gasteiger partial charge is 0.251 e. The van der Waals surface area contributed by atoms with Crippen LogP contribution in [-0.2, 0) is 6.42 Å². The Balaban J connectivity index is 1.40. The molecule has 1 amide bonds. The lowest BCUT2D eigenvalue weighted by Gasteiger charge is -2.09. The second-order valence-electron chi connectivity index (χ2n) is 6.80. The summed E-state index contributed by atoms with van der Waals surface area (Å²) in [6.45, 7) is 3.86. The van der Waals surface area contributed by atoms with Crippen molar-refractivity contribution in [1.82, 2.24) is 25.6 Å². The van der Waals surface area contributed by atoms with Crippen LogP contribution in [0.5, 0.6) is 0 Å². The third-order valence-electron chi connectivity index (χ3n) is 4.45. The third-order valence-corrected chi connectivity index (χ3v) is 4.45. The number of nitrogens with zero attached hydrogens (tertiary/aromatic N) is 4. The fourth-order valence-corrected chi connectivity index (χ4v) is 2.73. The number of hydrogen-bond acceptors (Lipinski definition) is 7. The van der Waals surface area contributed by atoms with Gasteiger partial charge in [-0.05, 0) is 38.3 Å². The molecule has 2 aromatic heterocycles. The highest BCUT2D eigenvalue weighted by Gasteiger charge is 2.29. The topological polar surface area (TPSA) is 107 Å². The van der Waals surface area contributed by atoms with E-state index in [-0.39, 0.29) is 11.9 Å². The van der Waals surface area contributed by atoms with Gasteiger partial charge in [-0.2, -0.15) is 9.97 Å². The third kappa shape index (κ3) is 3.89. The predicted molar refractivity (Wildman–Crippen MR) is 95.9 cm³/mol. The predicted octanol–water partition coefficient (Wildman–Crippen LogP) is 3.44. The Morgan fingerprint density at radius 3 is 2.67 bits per heavy atom. The first-order chi connectivity index (χ1) is 13.1. The normalized spacial score (nSPS) is 14.9. The van der Waals surface area contributed by atoms with Crippen molar-refractivity contribution < 1.29 is 13.8 Å². The lowest BCUT2D eigenvalue weighted by molar-refractivity contribution is 0.0932. The SMILES string of the molecule is CCCc1noc(C(C)NC(=O)c2ccc(-c3noc(C4CC4)n3)cc2)n1. The Morgan fingerprint density at radius 2 is 1.96 bits per heavy atom. The van der Waals surface area contributed by atoms with E-state index in [1.807, 2.05) is 26.0 Å². The van der Waals surface area contributed by atoms with Crippen molar-refractivity contribution in [3.63, 3.8) is 0 Å². The number of carbonyl (C=O) groups is 1. The molecule has 1 N–H and O–H groups in total. The van der Waals surface area contributed by atoms with E-state index in [2.05, 4.69) is 25.6 Å². The minimum atomic E-state index is -0.367. The first-order valence-corrected chi connectivity index (χ1v) is 9.21. The van der Waals surface area contributed by atoms with Gasteiger partial charge in [-0.3, -0.25) is 4.79 Å². The van der Waals surface area contributed by atoms with Gasteiger partial charge in [0.2, 0.25) is 17.6 Å². The molecular weight excluding hydrogens is 346 g/mol. The highest BCUT2D eigenvalue weighted by molar-refractivity contribution is 5.94. The number of benzene rings is 1. The van der Waals surface area contributed by atoms with Gasteiger partial charge in [-0.15, -0.1) is 0 Å². The Hall–Kier alpha value is -3.03. The van der Waals surface area contributed by atoms with Gasteiger partial charge in [-0.1, -0.05) is 29.4 Å². The second-order valence-corrected chi connectivity index (χ2v) is 6.80. The number of nitrogens with one attached hydrogen (secondary N) is 1. The highest BCUT2D eigenvalue weighted by atomic mass is 16.5. The number of carbonyl (C=O) groups excluding carboxylic acids is 1. The largest absolute Gasteiger partial charge is 0.341 e. The van der Waals surface area contributed by atoms with Gasteiger partial charge in [0, 0.05) is 23.5 Å². The van der Waals surface area contributed by atoms with Crippen LogP contribution in [-0.4, -0.2) is 26.2 Å². The Morgan fingerprint density at radius 1 is 1.19 bits per heavy atom. The van der Waals surface area contributed by atoms with E-state index in [1.54, 1.807) is 12.1 Å². The first-order valence-electron chi connectivity index (χ1n) is 9.21. The molecule has 1 saturated carbocycles. The van der Waals surface area contributed by atoms with Gasteiger partial charge < -0.3 is 14.4 Å². The molecule has 8 heteroatoms. The molecule has 27 heavy (non-hydrogen) atoms. The molecule has 1 aliphatic carbocycles. The summed E-state index contributed by atoms with van der Waals surface area (Å²) >= 11 is 0. The summed E-state index contributed by atoms with van der Waals surface area (Å²) in [7, 11) is 0. The van der Waals surface area contributed by atoms with Crippen molar-refractivity contribution in [2.24, 2.45) is 0 Å². The van der Waals surface area contributed by atoms with E-state index >= 15 is 0 Å². The van der Waals surface area contributed by atoms with Crippen molar-refractivity contribution in [3.05, 3.63) is 47.4 Å². The fourth-order valence-electron chi connectivity index (χ4n) is 2.73. The monoisotopic (exact) mass is 367 g/mol. The van der Waals surface area contributed by atoms with Crippen LogP contribution in [0.1, 0.15) is 73.0 Å². The summed E-state index contributed by atoms with van der Waals surface area (Å²) < 4.78 is 10.5. The molecule has 1 aromatic carbocycles. The van der Waals surface area contributed by atoms with Gasteiger partial charge in [0.05, 0.1) is 0 Å². The Kier molecular flexibility index (Phi) is 4.70. The summed E-state index contributed by atoms with van der Waals surface area (Å²) in [5.41, 5.74) is 1.35. The lowest BCUT2D eigenvalue weighted by Crippen LogP contribution is -2.26. The van der Waals surface area contributed by atoms with E-state index < -0.39 is 0 Å². The van der Waals surface area contributed by atoms with Crippen LogP contribution in [0.25, 0.3) is 11.4 Å². The molecule has 1 atom stereocenters. The maximum Gasteiger partial charge on any atom is 0.251 e. The van der Waals surface area contributed by atoms with Gasteiger partial charge in [-0.25, -0.2) is 0 Å². The van der Waals surface area contributed by atoms with Gasteiger partial charge >= 0.3 is 0 Å². The van der Waals surface area contributed by atoms with Crippen LogP contribution in [0.15, 0.2) is 33.3 Å². The molecule has 0 radical (unpaired) electrons. The van der Waals surface area contributed by atoms with Crippen molar-refractivity contribution >= 4 is 5.91 Å². The summed E-state index contributed by atoms with van der Waals surface area (Å²) in [6.07, 6.45) is 3.91. The summed E-state index contributed by atoms with van der Waals surface area (Å²) in [4.78, 5) is 21.2. The lowest BCUT2D eigenvalue weighted by atomic mass is 10.1. The number of rotatable bonds is 7. The number of hydrogen-bond donors (Lipinski definition) is 1. The number of aromatic nitrogens is 4. The molecule has 1 aliphatic rings. The average molecular weight is 367 g/mol. The van der Waals surface area contributed by atoms with E-state index in [0.29, 0.717) is 34.9 Å². The van der Waals surface area contributed by atoms with E-state index in [9.17, 15) is 4.79 Å². The van der Waals surface area contributed by atoms with Gasteiger partial charge in [0.25, 0.3) is 5.91 Å². The highest BCUT2D eigenvalue weighted by Crippen LogP contribution is 2.39. The first kappa shape index (κ1) is 17.4.